The van der Waals surface area contributed by atoms with Crippen LogP contribution >= 0.6 is 0 Å². The predicted octanol–water partition coefficient (Wildman–Crippen LogP) is 4.56. The first-order chi connectivity index (χ1) is 18.3. The molecular formula is C30H35N3O4S. The van der Waals surface area contributed by atoms with Crippen molar-refractivity contribution in [1.82, 2.24) is 10.2 Å². The number of benzene rings is 3. The monoisotopic (exact) mass is 533 g/mol. The molecule has 38 heavy (non-hydrogen) atoms. The maximum absolute atomic E-state index is 13.7. The van der Waals surface area contributed by atoms with Gasteiger partial charge in [-0.15, -0.1) is 0 Å². The van der Waals surface area contributed by atoms with Gasteiger partial charge in [0.25, 0.3) is 15.9 Å². The van der Waals surface area contributed by atoms with Crippen LogP contribution in [0.4, 0.5) is 5.69 Å². The Bertz CT molecular complexity index is 1400. The fourth-order valence-electron chi connectivity index (χ4n) is 5.10. The Morgan fingerprint density at radius 2 is 1.61 bits per heavy atom. The maximum Gasteiger partial charge on any atom is 0.264 e. The Balaban J connectivity index is 1.34. The van der Waals surface area contributed by atoms with Gasteiger partial charge >= 0.3 is 0 Å². The molecular weight excluding hydrogens is 498 g/mol. The Morgan fingerprint density at radius 1 is 0.921 bits per heavy atom. The predicted molar refractivity (Wildman–Crippen MR) is 149 cm³/mol. The van der Waals surface area contributed by atoms with E-state index < -0.39 is 16.1 Å². The molecule has 7 nitrogen and oxygen atoms in total. The molecule has 0 spiro atoms. The SMILES string of the molecule is Cc1ccc(S(=O)(=O)N2C[C@@H](C(=O)NCc3ccccc3CN3CCCCC3)Oc3cc(C)ccc32)cc1. The van der Waals surface area contributed by atoms with Crippen molar-refractivity contribution in [2.45, 2.75) is 57.2 Å². The quantitative estimate of drug-likeness (QED) is 0.482. The molecule has 0 bridgehead atoms. The lowest BCUT2D eigenvalue weighted by Gasteiger charge is -2.35. The fourth-order valence-corrected chi connectivity index (χ4v) is 6.58. The third kappa shape index (κ3) is 5.71. The van der Waals surface area contributed by atoms with Gasteiger partial charge in [-0.2, -0.15) is 0 Å². The Morgan fingerprint density at radius 3 is 2.34 bits per heavy atom. The molecule has 0 aromatic heterocycles. The van der Waals surface area contributed by atoms with Gasteiger partial charge in [0, 0.05) is 13.1 Å². The molecule has 1 atom stereocenters. The summed E-state index contributed by atoms with van der Waals surface area (Å²) >= 11 is 0. The number of carbonyl (C=O) groups excluding carboxylic acids is 1. The summed E-state index contributed by atoms with van der Waals surface area (Å²) in [5.74, 6) is 0.0478. The number of hydrogen-bond acceptors (Lipinski definition) is 5. The molecule has 0 radical (unpaired) electrons. The van der Waals surface area contributed by atoms with E-state index >= 15 is 0 Å². The number of carbonyl (C=O) groups is 1. The van der Waals surface area contributed by atoms with Crippen molar-refractivity contribution < 1.29 is 17.9 Å². The number of rotatable bonds is 7. The highest BCUT2D eigenvalue weighted by molar-refractivity contribution is 7.92. The highest BCUT2D eigenvalue weighted by atomic mass is 32.2. The third-order valence-electron chi connectivity index (χ3n) is 7.30. The zero-order valence-electron chi connectivity index (χ0n) is 22.0. The van der Waals surface area contributed by atoms with Crippen LogP contribution in [0.3, 0.4) is 0 Å². The molecule has 1 amide bonds. The summed E-state index contributed by atoms with van der Waals surface area (Å²) in [6.45, 7) is 7.13. The van der Waals surface area contributed by atoms with Crippen LogP contribution in [-0.2, 0) is 27.9 Å². The Labute approximate surface area is 225 Å². The average Bonchev–Trinajstić information content (AvgIpc) is 2.92. The first-order valence-electron chi connectivity index (χ1n) is 13.2. The lowest BCUT2D eigenvalue weighted by molar-refractivity contribution is -0.127. The van der Waals surface area contributed by atoms with E-state index in [4.69, 9.17) is 4.74 Å². The highest BCUT2D eigenvalue weighted by Gasteiger charge is 2.37. The summed E-state index contributed by atoms with van der Waals surface area (Å²) < 4.78 is 34.7. The van der Waals surface area contributed by atoms with Gasteiger partial charge in [0.2, 0.25) is 0 Å². The summed E-state index contributed by atoms with van der Waals surface area (Å²) in [4.78, 5) is 16.0. The summed E-state index contributed by atoms with van der Waals surface area (Å²) in [6, 6.07) is 20.3. The Hall–Kier alpha value is -3.36. The van der Waals surface area contributed by atoms with Crippen LogP contribution in [0, 0.1) is 13.8 Å². The molecule has 1 saturated heterocycles. The number of fused-ring (bicyclic) bond motifs is 1. The molecule has 8 heteroatoms. The number of piperidine rings is 1. The van der Waals surface area contributed by atoms with Crippen molar-refractivity contribution >= 4 is 21.6 Å². The van der Waals surface area contributed by atoms with Gasteiger partial charge in [-0.25, -0.2) is 8.42 Å². The zero-order chi connectivity index (χ0) is 26.7. The first-order valence-corrected chi connectivity index (χ1v) is 14.7. The number of likely N-dealkylation sites (tertiary alicyclic amines) is 1. The minimum absolute atomic E-state index is 0.104. The molecule has 3 aromatic rings. The minimum atomic E-state index is -3.89. The lowest BCUT2D eigenvalue weighted by Crippen LogP contribution is -2.50. The number of nitrogens with one attached hydrogen (secondary N) is 1. The second-order valence-corrected chi connectivity index (χ2v) is 12.1. The van der Waals surface area contributed by atoms with Gasteiger partial charge in [0.1, 0.15) is 5.75 Å². The van der Waals surface area contributed by atoms with Crippen LogP contribution in [0.2, 0.25) is 0 Å². The van der Waals surface area contributed by atoms with Crippen molar-refractivity contribution in [1.29, 1.82) is 0 Å². The zero-order valence-corrected chi connectivity index (χ0v) is 22.8. The fraction of sp³-hybridized carbons (Fsp3) is 0.367. The molecule has 1 fully saturated rings. The van der Waals surface area contributed by atoms with E-state index in [0.717, 1.165) is 36.3 Å². The summed E-state index contributed by atoms with van der Waals surface area (Å²) in [6.07, 6.45) is 2.76. The number of amides is 1. The molecule has 0 unspecified atom stereocenters. The van der Waals surface area contributed by atoms with Crippen LogP contribution in [0.1, 0.15) is 41.5 Å². The van der Waals surface area contributed by atoms with Gasteiger partial charge in [-0.3, -0.25) is 14.0 Å². The minimum Gasteiger partial charge on any atom is -0.476 e. The van der Waals surface area contributed by atoms with Crippen LogP contribution in [0.25, 0.3) is 0 Å². The number of anilines is 1. The molecule has 3 aromatic carbocycles. The number of hydrogen-bond donors (Lipinski definition) is 1. The van der Waals surface area contributed by atoms with Crippen LogP contribution < -0.4 is 14.4 Å². The summed E-state index contributed by atoms with van der Waals surface area (Å²) in [5.41, 5.74) is 4.59. The normalized spacial score (nSPS) is 17.9. The molecule has 2 aliphatic heterocycles. The van der Waals surface area contributed by atoms with E-state index in [0.29, 0.717) is 18.0 Å². The van der Waals surface area contributed by atoms with Crippen molar-refractivity contribution in [2.24, 2.45) is 0 Å². The average molecular weight is 534 g/mol. The molecule has 5 rings (SSSR count). The van der Waals surface area contributed by atoms with Crippen LogP contribution in [0.15, 0.2) is 71.6 Å². The molecule has 200 valence electrons. The number of ether oxygens (including phenoxy) is 1. The van der Waals surface area contributed by atoms with E-state index in [1.54, 1.807) is 36.4 Å². The van der Waals surface area contributed by atoms with Gasteiger partial charge in [0.15, 0.2) is 6.10 Å². The van der Waals surface area contributed by atoms with E-state index in [1.807, 2.05) is 38.1 Å². The van der Waals surface area contributed by atoms with Gasteiger partial charge in [-0.05, 0) is 80.7 Å². The van der Waals surface area contributed by atoms with E-state index in [2.05, 4.69) is 16.3 Å². The smallest absolute Gasteiger partial charge is 0.264 e. The van der Waals surface area contributed by atoms with E-state index in [-0.39, 0.29) is 17.3 Å². The molecule has 0 aliphatic carbocycles. The first kappa shape index (κ1) is 26.3. The van der Waals surface area contributed by atoms with Gasteiger partial charge < -0.3 is 10.1 Å². The topological polar surface area (TPSA) is 79.0 Å². The van der Waals surface area contributed by atoms with Crippen molar-refractivity contribution in [3.05, 3.63) is 89.0 Å². The molecule has 2 heterocycles. The van der Waals surface area contributed by atoms with Crippen molar-refractivity contribution in [2.75, 3.05) is 23.9 Å². The van der Waals surface area contributed by atoms with E-state index in [1.165, 1.54) is 29.1 Å². The maximum atomic E-state index is 13.7. The van der Waals surface area contributed by atoms with Crippen molar-refractivity contribution in [3.63, 3.8) is 0 Å². The van der Waals surface area contributed by atoms with Crippen molar-refractivity contribution in [3.8, 4) is 5.75 Å². The highest BCUT2D eigenvalue weighted by Crippen LogP contribution is 2.37. The molecule has 0 saturated carbocycles. The number of nitrogens with zero attached hydrogens (tertiary/aromatic N) is 2. The third-order valence-corrected chi connectivity index (χ3v) is 9.09. The Kier molecular flexibility index (Phi) is 7.72. The van der Waals surface area contributed by atoms with Gasteiger partial charge in [0.05, 0.1) is 17.1 Å². The molecule has 1 N–H and O–H groups in total. The van der Waals surface area contributed by atoms with Crippen LogP contribution in [0.5, 0.6) is 5.75 Å². The number of sulfonamides is 1. The van der Waals surface area contributed by atoms with Gasteiger partial charge in [-0.1, -0.05) is 54.4 Å². The summed E-state index contributed by atoms with van der Waals surface area (Å²) in [7, 11) is -3.89. The largest absolute Gasteiger partial charge is 0.476 e. The van der Waals surface area contributed by atoms with Crippen LogP contribution in [-0.4, -0.2) is 45.0 Å². The second kappa shape index (κ2) is 11.2. The second-order valence-electron chi connectivity index (χ2n) is 10.3. The summed E-state index contributed by atoms with van der Waals surface area (Å²) in [5, 5.41) is 3.01. The van der Waals surface area contributed by atoms with E-state index in [9.17, 15) is 13.2 Å². The number of aryl methyl sites for hydroxylation is 2. The lowest BCUT2D eigenvalue weighted by atomic mass is 10.0. The standard InChI is InChI=1S/C30H35N3O4S/c1-22-10-13-26(14-11-22)38(35,36)33-21-29(37-28-18-23(2)12-15-27(28)33)30(34)31-19-24-8-4-5-9-25(24)20-32-16-6-3-7-17-32/h4-5,8-15,18,29H,3,6-7,16-17,19-21H2,1-2H3,(H,31,34)/t29-/m0/s1. The molecule has 2 aliphatic rings.